The molecule has 6 rings (SSSR count). The van der Waals surface area contributed by atoms with Gasteiger partial charge in [0.05, 0.1) is 12.8 Å². The maximum atomic E-state index is 13.5. The number of alkyl halides is 3. The number of aromatic nitrogens is 4. The van der Waals surface area contributed by atoms with Crippen molar-refractivity contribution >= 4 is 0 Å². The second kappa shape index (κ2) is 11.6. The van der Waals surface area contributed by atoms with Gasteiger partial charge in [-0.25, -0.2) is 0 Å². The van der Waals surface area contributed by atoms with Gasteiger partial charge in [-0.2, -0.15) is 17.9 Å². The number of ether oxygens (including phenoxy) is 1. The fourth-order valence-corrected chi connectivity index (χ4v) is 6.31. The van der Waals surface area contributed by atoms with Crippen LogP contribution >= 0.6 is 0 Å². The number of fused-ring (bicyclic) bond motifs is 1. The van der Waals surface area contributed by atoms with E-state index in [1.165, 1.54) is 11.1 Å². The third kappa shape index (κ3) is 5.70. The number of rotatable bonds is 7. The molecular weight excluding hydrogens is 531 g/mol. The van der Waals surface area contributed by atoms with Crippen molar-refractivity contribution in [1.29, 1.82) is 0 Å². The first-order valence-corrected chi connectivity index (χ1v) is 13.7. The van der Waals surface area contributed by atoms with Crippen LogP contribution in [0.4, 0.5) is 13.2 Å². The van der Waals surface area contributed by atoms with E-state index in [9.17, 15) is 13.2 Å². The molecular formula is C30H32F3N7O. The van der Waals surface area contributed by atoms with Gasteiger partial charge in [-0.05, 0) is 39.8 Å². The predicted molar refractivity (Wildman–Crippen MR) is 148 cm³/mol. The van der Waals surface area contributed by atoms with E-state index in [1.54, 1.807) is 25.3 Å². The van der Waals surface area contributed by atoms with Crippen LogP contribution in [0.15, 0.2) is 78.9 Å². The van der Waals surface area contributed by atoms with Gasteiger partial charge in [-0.1, -0.05) is 60.7 Å². The molecule has 41 heavy (non-hydrogen) atoms. The molecule has 0 radical (unpaired) electrons. The van der Waals surface area contributed by atoms with Crippen LogP contribution in [-0.2, 0) is 12.7 Å². The van der Waals surface area contributed by atoms with Gasteiger partial charge >= 0.3 is 6.18 Å². The van der Waals surface area contributed by atoms with Gasteiger partial charge in [0.25, 0.3) is 5.82 Å². The first kappa shape index (κ1) is 27.4. The summed E-state index contributed by atoms with van der Waals surface area (Å²) in [4.78, 5) is 5.03. The smallest absolute Gasteiger partial charge is 0.453 e. The number of hydrogen-bond donors (Lipinski definition) is 1. The molecule has 0 bridgehead atoms. The Balaban J connectivity index is 1.35. The molecule has 0 spiro atoms. The molecule has 1 unspecified atom stereocenters. The number of methoxy groups -OCH3 is 1. The molecule has 1 N–H and O–H groups in total. The van der Waals surface area contributed by atoms with Crippen LogP contribution in [0, 0.1) is 0 Å². The minimum absolute atomic E-state index is 0.157. The number of benzene rings is 3. The van der Waals surface area contributed by atoms with Gasteiger partial charge in [0, 0.05) is 62.8 Å². The standard InChI is InChI=1S/C30H32F3N7O/c1-41-27-13-12-24(40-29(30(31,32)33)35-36-37-40)16-23(27)18-38-19-25-17-34-14-15-39(25)26(20-38)28(21-8-4-2-5-9-21)22-10-6-3-7-11-22/h2-13,16,25-26,28,34H,14-15,17-20H2,1H3/t25-,26?/m0/s1. The highest BCUT2D eigenvalue weighted by Crippen LogP contribution is 2.36. The highest BCUT2D eigenvalue weighted by Gasteiger charge is 2.41. The average molecular weight is 564 g/mol. The van der Waals surface area contributed by atoms with Crippen molar-refractivity contribution in [3.63, 3.8) is 0 Å². The molecule has 2 saturated heterocycles. The minimum Gasteiger partial charge on any atom is -0.496 e. The number of nitrogens with zero attached hydrogens (tertiary/aromatic N) is 6. The van der Waals surface area contributed by atoms with Crippen molar-refractivity contribution in [3.05, 3.63) is 101 Å². The summed E-state index contributed by atoms with van der Waals surface area (Å²) in [6.45, 7) is 4.89. The quantitative estimate of drug-likeness (QED) is 0.365. The molecule has 0 aliphatic carbocycles. The van der Waals surface area contributed by atoms with Crippen molar-refractivity contribution in [2.24, 2.45) is 0 Å². The van der Waals surface area contributed by atoms with Gasteiger partial charge in [-0.15, -0.1) is 5.10 Å². The molecule has 8 nitrogen and oxygen atoms in total. The number of nitrogens with one attached hydrogen (secondary N) is 1. The highest BCUT2D eigenvalue weighted by molar-refractivity contribution is 5.44. The molecule has 2 fully saturated rings. The Bertz CT molecular complexity index is 1410. The van der Waals surface area contributed by atoms with Gasteiger partial charge in [0.1, 0.15) is 5.75 Å². The zero-order chi connectivity index (χ0) is 28.4. The van der Waals surface area contributed by atoms with Gasteiger partial charge < -0.3 is 10.1 Å². The lowest BCUT2D eigenvalue weighted by molar-refractivity contribution is -0.146. The molecule has 3 aromatic carbocycles. The summed E-state index contributed by atoms with van der Waals surface area (Å²) in [6, 6.07) is 26.6. The molecule has 1 aromatic heterocycles. The van der Waals surface area contributed by atoms with Crippen LogP contribution in [0.25, 0.3) is 5.69 Å². The summed E-state index contributed by atoms with van der Waals surface area (Å²) in [5.41, 5.74) is 3.54. The van der Waals surface area contributed by atoms with Crippen LogP contribution in [0.5, 0.6) is 5.75 Å². The summed E-state index contributed by atoms with van der Waals surface area (Å²) < 4.78 is 47.0. The SMILES string of the molecule is COc1ccc(-n2nnnc2C(F)(F)F)cc1CN1CC(C(c2ccccc2)c2ccccc2)N2CCNC[C@H]2C1. The molecule has 4 aromatic rings. The topological polar surface area (TPSA) is 71.3 Å². The van der Waals surface area contributed by atoms with E-state index in [1.807, 2.05) is 12.1 Å². The first-order valence-electron chi connectivity index (χ1n) is 13.7. The van der Waals surface area contributed by atoms with E-state index in [-0.39, 0.29) is 17.6 Å². The van der Waals surface area contributed by atoms with E-state index < -0.39 is 12.0 Å². The van der Waals surface area contributed by atoms with E-state index in [2.05, 4.69) is 79.2 Å². The molecule has 11 heteroatoms. The monoisotopic (exact) mass is 563 g/mol. The number of piperazine rings is 2. The van der Waals surface area contributed by atoms with Crippen molar-refractivity contribution in [3.8, 4) is 11.4 Å². The fourth-order valence-electron chi connectivity index (χ4n) is 6.31. The highest BCUT2D eigenvalue weighted by atomic mass is 19.4. The van der Waals surface area contributed by atoms with Gasteiger partial charge in [0.15, 0.2) is 0 Å². The van der Waals surface area contributed by atoms with Crippen molar-refractivity contribution in [2.75, 3.05) is 39.8 Å². The zero-order valence-corrected chi connectivity index (χ0v) is 22.7. The minimum atomic E-state index is -4.68. The van der Waals surface area contributed by atoms with E-state index in [0.717, 1.165) is 43.0 Å². The van der Waals surface area contributed by atoms with Crippen LogP contribution < -0.4 is 10.1 Å². The Hall–Kier alpha value is -3.80. The van der Waals surface area contributed by atoms with Crippen molar-refractivity contribution in [2.45, 2.75) is 30.7 Å². The Kier molecular flexibility index (Phi) is 7.74. The Labute approximate surface area is 236 Å². The second-order valence-corrected chi connectivity index (χ2v) is 10.6. The van der Waals surface area contributed by atoms with Gasteiger partial charge in [-0.3, -0.25) is 9.80 Å². The lowest BCUT2D eigenvalue weighted by Crippen LogP contribution is -2.66. The van der Waals surface area contributed by atoms with Crippen LogP contribution in [-0.4, -0.2) is 81.9 Å². The lowest BCUT2D eigenvalue weighted by atomic mass is 9.81. The number of hydrogen-bond acceptors (Lipinski definition) is 7. The van der Waals surface area contributed by atoms with E-state index >= 15 is 0 Å². The number of halogens is 3. The summed E-state index contributed by atoms with van der Waals surface area (Å²) in [5, 5.41) is 13.7. The van der Waals surface area contributed by atoms with Crippen molar-refractivity contribution in [1.82, 2.24) is 35.3 Å². The first-order chi connectivity index (χ1) is 19.9. The Morgan fingerprint density at radius 2 is 1.68 bits per heavy atom. The number of tetrazole rings is 1. The van der Waals surface area contributed by atoms with E-state index in [0.29, 0.717) is 18.3 Å². The summed E-state index contributed by atoms with van der Waals surface area (Å²) in [6.07, 6.45) is -4.68. The molecule has 3 heterocycles. The largest absolute Gasteiger partial charge is 0.496 e. The molecule has 0 saturated carbocycles. The van der Waals surface area contributed by atoms with Gasteiger partial charge in [0.2, 0.25) is 0 Å². The fraction of sp³-hybridized carbons (Fsp3) is 0.367. The molecule has 0 amide bonds. The third-order valence-electron chi connectivity index (χ3n) is 8.06. The molecule has 214 valence electrons. The van der Waals surface area contributed by atoms with Crippen LogP contribution in [0.3, 0.4) is 0 Å². The lowest BCUT2D eigenvalue weighted by Gasteiger charge is -2.52. The molecule has 2 aliphatic heterocycles. The summed E-state index contributed by atoms with van der Waals surface area (Å²) >= 11 is 0. The normalized spacial score (nSPS) is 20.2. The Morgan fingerprint density at radius 1 is 0.976 bits per heavy atom. The van der Waals surface area contributed by atoms with Crippen LogP contribution in [0.2, 0.25) is 0 Å². The maximum absolute atomic E-state index is 13.5. The maximum Gasteiger partial charge on any atom is 0.453 e. The molecule has 2 aliphatic rings. The summed E-state index contributed by atoms with van der Waals surface area (Å²) in [7, 11) is 1.57. The second-order valence-electron chi connectivity index (χ2n) is 10.6. The molecule has 2 atom stereocenters. The van der Waals surface area contributed by atoms with Crippen LogP contribution in [0.1, 0.15) is 28.4 Å². The zero-order valence-electron chi connectivity index (χ0n) is 22.7. The predicted octanol–water partition coefficient (Wildman–Crippen LogP) is 3.98. The third-order valence-corrected chi connectivity index (χ3v) is 8.06. The summed E-state index contributed by atoms with van der Waals surface area (Å²) in [5.74, 6) is -0.396. The average Bonchev–Trinajstić information content (AvgIpc) is 3.50. The van der Waals surface area contributed by atoms with Crippen molar-refractivity contribution < 1.29 is 17.9 Å². The van der Waals surface area contributed by atoms with E-state index in [4.69, 9.17) is 4.74 Å². The Morgan fingerprint density at radius 3 is 2.34 bits per heavy atom.